The van der Waals surface area contributed by atoms with Crippen LogP contribution in [0.25, 0.3) is 10.9 Å². The molecule has 0 bridgehead atoms. The number of aromatic nitrogens is 1. The first-order valence-electron chi connectivity index (χ1n) is 9.99. The first kappa shape index (κ1) is 20.6. The lowest BCUT2D eigenvalue weighted by molar-refractivity contribution is -0.118. The van der Waals surface area contributed by atoms with Gasteiger partial charge in [-0.25, -0.2) is 0 Å². The summed E-state index contributed by atoms with van der Waals surface area (Å²) in [5.41, 5.74) is 3.36. The van der Waals surface area contributed by atoms with Gasteiger partial charge in [0.25, 0.3) is 0 Å². The lowest BCUT2D eigenvalue weighted by Gasteiger charge is -2.06. The number of carbonyl (C=O) groups is 3. The number of rotatable bonds is 10. The zero-order chi connectivity index (χ0) is 20.6. The third-order valence-electron chi connectivity index (χ3n) is 4.96. The van der Waals surface area contributed by atoms with E-state index in [1.54, 1.807) is 25.3 Å². The predicted molar refractivity (Wildman–Crippen MR) is 114 cm³/mol. The molecule has 1 aromatic heterocycles. The number of Topliss-reactive ketones (excluding diaryl/α,β-unsaturated/α-hetero) is 3. The Balaban J connectivity index is 1.56. The molecule has 0 aliphatic carbocycles. The average Bonchev–Trinajstić information content (AvgIpc) is 2.72. The Morgan fingerprint density at radius 3 is 2.31 bits per heavy atom. The van der Waals surface area contributed by atoms with E-state index in [4.69, 9.17) is 0 Å². The molecule has 148 valence electrons. The quantitative estimate of drug-likeness (QED) is 0.366. The molecule has 3 aromatic rings. The summed E-state index contributed by atoms with van der Waals surface area (Å²) in [6.45, 7) is 1.57. The number of unbranched alkanes of at least 4 members (excludes halogenated alkanes) is 1. The maximum atomic E-state index is 12.6. The van der Waals surface area contributed by atoms with E-state index in [1.165, 1.54) is 0 Å². The van der Waals surface area contributed by atoms with Gasteiger partial charge in [0.2, 0.25) is 0 Å². The molecule has 2 aromatic carbocycles. The highest BCUT2D eigenvalue weighted by Gasteiger charge is 2.10. The van der Waals surface area contributed by atoms with Crippen molar-refractivity contribution in [3.8, 4) is 0 Å². The van der Waals surface area contributed by atoms with Crippen LogP contribution < -0.4 is 0 Å². The molecular formula is C25H25NO3. The standard InChI is InChI=1S/C25H25NO3/c1-18(27)6-2-3-10-24(29)20-13-11-19(12-14-20)16-23(28)17-22-8-4-7-21-9-5-15-26-25(21)22/h4-5,7-9,11-15H,2-3,6,10,16-17H2,1H3. The van der Waals surface area contributed by atoms with E-state index in [0.717, 1.165) is 34.9 Å². The van der Waals surface area contributed by atoms with Crippen LogP contribution in [0.3, 0.4) is 0 Å². The summed E-state index contributed by atoms with van der Waals surface area (Å²) in [7, 11) is 0. The van der Waals surface area contributed by atoms with Crippen LogP contribution in [0.2, 0.25) is 0 Å². The SMILES string of the molecule is CC(=O)CCCCC(=O)c1ccc(CC(=O)Cc2cccc3cccnc23)cc1. The average molecular weight is 387 g/mol. The van der Waals surface area contributed by atoms with E-state index in [-0.39, 0.29) is 17.3 Å². The van der Waals surface area contributed by atoms with Crippen molar-refractivity contribution in [2.75, 3.05) is 0 Å². The van der Waals surface area contributed by atoms with Gasteiger partial charge >= 0.3 is 0 Å². The zero-order valence-electron chi connectivity index (χ0n) is 16.7. The number of hydrogen-bond donors (Lipinski definition) is 0. The minimum absolute atomic E-state index is 0.0771. The van der Waals surface area contributed by atoms with Crippen LogP contribution in [0.1, 0.15) is 54.1 Å². The molecule has 3 rings (SSSR count). The first-order valence-corrected chi connectivity index (χ1v) is 9.99. The largest absolute Gasteiger partial charge is 0.300 e. The lowest BCUT2D eigenvalue weighted by atomic mass is 9.98. The molecule has 0 fully saturated rings. The normalized spacial score (nSPS) is 10.8. The summed E-state index contributed by atoms with van der Waals surface area (Å²) in [5, 5.41) is 1.03. The third kappa shape index (κ3) is 5.92. The topological polar surface area (TPSA) is 64.1 Å². The second-order valence-electron chi connectivity index (χ2n) is 7.41. The Morgan fingerprint density at radius 2 is 1.55 bits per heavy atom. The van der Waals surface area contributed by atoms with E-state index in [2.05, 4.69) is 4.98 Å². The van der Waals surface area contributed by atoms with Gasteiger partial charge < -0.3 is 4.79 Å². The molecule has 4 heteroatoms. The van der Waals surface area contributed by atoms with Crippen molar-refractivity contribution < 1.29 is 14.4 Å². The monoisotopic (exact) mass is 387 g/mol. The van der Waals surface area contributed by atoms with Gasteiger partial charge in [-0.3, -0.25) is 14.6 Å². The van der Waals surface area contributed by atoms with E-state index < -0.39 is 0 Å². The Bertz CT molecular complexity index is 1020. The third-order valence-corrected chi connectivity index (χ3v) is 4.96. The number of hydrogen-bond acceptors (Lipinski definition) is 4. The molecule has 0 spiro atoms. The molecule has 4 nitrogen and oxygen atoms in total. The van der Waals surface area contributed by atoms with Gasteiger partial charge in [-0.05, 0) is 37.0 Å². The predicted octanol–water partition coefficient (Wildman–Crippen LogP) is 4.92. The highest BCUT2D eigenvalue weighted by Crippen LogP contribution is 2.18. The summed E-state index contributed by atoms with van der Waals surface area (Å²) >= 11 is 0. The first-order chi connectivity index (χ1) is 14.0. The highest BCUT2D eigenvalue weighted by molar-refractivity contribution is 5.96. The van der Waals surface area contributed by atoms with Crippen molar-refractivity contribution in [3.05, 3.63) is 77.5 Å². The van der Waals surface area contributed by atoms with Crippen LogP contribution in [0, 0.1) is 0 Å². The Morgan fingerprint density at radius 1 is 0.828 bits per heavy atom. The molecule has 0 saturated carbocycles. The van der Waals surface area contributed by atoms with Gasteiger partial charge in [0.1, 0.15) is 11.6 Å². The summed E-state index contributed by atoms with van der Waals surface area (Å²) in [4.78, 5) is 40.1. The Labute approximate surface area is 171 Å². The lowest BCUT2D eigenvalue weighted by Crippen LogP contribution is -2.08. The van der Waals surface area contributed by atoms with Crippen LogP contribution in [0.4, 0.5) is 0 Å². The molecule has 0 aliphatic heterocycles. The Kier molecular flexibility index (Phi) is 7.01. The summed E-state index contributed by atoms with van der Waals surface area (Å²) in [6, 6.07) is 17.0. The van der Waals surface area contributed by atoms with Crippen molar-refractivity contribution in [2.24, 2.45) is 0 Å². The molecule has 0 radical (unpaired) electrons. The molecule has 0 aliphatic rings. The van der Waals surface area contributed by atoms with Crippen LogP contribution in [0.5, 0.6) is 0 Å². The van der Waals surface area contributed by atoms with Gasteiger partial charge in [0.15, 0.2) is 5.78 Å². The number of benzene rings is 2. The number of nitrogens with zero attached hydrogens (tertiary/aromatic N) is 1. The summed E-state index contributed by atoms with van der Waals surface area (Å²) in [5.74, 6) is 0.352. The number of fused-ring (bicyclic) bond motifs is 1. The summed E-state index contributed by atoms with van der Waals surface area (Å²) in [6.07, 6.45) is 4.85. The smallest absolute Gasteiger partial charge is 0.162 e. The van der Waals surface area contributed by atoms with Crippen LogP contribution >= 0.6 is 0 Å². The van der Waals surface area contributed by atoms with E-state index >= 15 is 0 Å². The van der Waals surface area contributed by atoms with Gasteiger partial charge in [0.05, 0.1) is 5.52 Å². The minimum Gasteiger partial charge on any atom is -0.300 e. The number of para-hydroxylation sites is 1. The fourth-order valence-corrected chi connectivity index (χ4v) is 3.42. The number of ketones is 3. The van der Waals surface area contributed by atoms with Crippen molar-refractivity contribution in [2.45, 2.75) is 45.4 Å². The van der Waals surface area contributed by atoms with E-state index in [0.29, 0.717) is 31.2 Å². The molecular weight excluding hydrogens is 362 g/mol. The molecule has 0 amide bonds. The minimum atomic E-state index is 0.0771. The number of carbonyl (C=O) groups excluding carboxylic acids is 3. The maximum Gasteiger partial charge on any atom is 0.162 e. The Hall–Kier alpha value is -3.14. The maximum absolute atomic E-state index is 12.6. The zero-order valence-corrected chi connectivity index (χ0v) is 16.7. The van der Waals surface area contributed by atoms with Crippen LogP contribution in [-0.2, 0) is 22.4 Å². The summed E-state index contributed by atoms with van der Waals surface area (Å²) < 4.78 is 0. The van der Waals surface area contributed by atoms with Crippen LogP contribution in [-0.4, -0.2) is 22.3 Å². The molecule has 0 atom stereocenters. The second-order valence-corrected chi connectivity index (χ2v) is 7.41. The van der Waals surface area contributed by atoms with Crippen molar-refractivity contribution in [1.29, 1.82) is 0 Å². The molecule has 0 unspecified atom stereocenters. The van der Waals surface area contributed by atoms with Gasteiger partial charge in [0, 0.05) is 42.8 Å². The van der Waals surface area contributed by atoms with Gasteiger partial charge in [-0.15, -0.1) is 0 Å². The fourth-order valence-electron chi connectivity index (χ4n) is 3.42. The van der Waals surface area contributed by atoms with Crippen LogP contribution in [0.15, 0.2) is 60.8 Å². The van der Waals surface area contributed by atoms with Gasteiger partial charge in [-0.2, -0.15) is 0 Å². The molecule has 0 N–H and O–H groups in total. The second kappa shape index (κ2) is 9.87. The molecule has 29 heavy (non-hydrogen) atoms. The highest BCUT2D eigenvalue weighted by atomic mass is 16.1. The molecule has 0 saturated heterocycles. The van der Waals surface area contributed by atoms with Gasteiger partial charge in [-0.1, -0.05) is 48.5 Å². The van der Waals surface area contributed by atoms with E-state index in [9.17, 15) is 14.4 Å². The van der Waals surface area contributed by atoms with Crippen molar-refractivity contribution in [1.82, 2.24) is 4.98 Å². The molecule has 1 heterocycles. The van der Waals surface area contributed by atoms with Crippen molar-refractivity contribution in [3.63, 3.8) is 0 Å². The fraction of sp³-hybridized carbons (Fsp3) is 0.280. The number of pyridine rings is 1. The van der Waals surface area contributed by atoms with E-state index in [1.807, 2.05) is 42.5 Å². The van der Waals surface area contributed by atoms with Crippen molar-refractivity contribution >= 4 is 28.3 Å².